The molecule has 0 N–H and O–H groups in total. The quantitative estimate of drug-likeness (QED) is 0.723. The van der Waals surface area contributed by atoms with Crippen molar-refractivity contribution in [1.29, 1.82) is 0 Å². The second-order valence-corrected chi connectivity index (χ2v) is 8.10. The van der Waals surface area contributed by atoms with Crippen LogP contribution in [0, 0.1) is 0 Å². The smallest absolute Gasteiger partial charge is 0.235 e. The first-order valence-corrected chi connectivity index (χ1v) is 9.94. The van der Waals surface area contributed by atoms with E-state index in [2.05, 4.69) is 28.6 Å². The molecule has 0 unspecified atom stereocenters. The molecule has 3 rings (SSSR count). The van der Waals surface area contributed by atoms with E-state index in [-0.39, 0.29) is 17.2 Å². The van der Waals surface area contributed by atoms with E-state index in [1.54, 1.807) is 7.11 Å². The zero-order valence-corrected chi connectivity index (χ0v) is 16.6. The van der Waals surface area contributed by atoms with Gasteiger partial charge in [0.2, 0.25) is 5.91 Å². The van der Waals surface area contributed by atoms with E-state index in [4.69, 9.17) is 4.74 Å². The predicted molar refractivity (Wildman–Crippen MR) is 104 cm³/mol. The second kappa shape index (κ2) is 8.12. The summed E-state index contributed by atoms with van der Waals surface area (Å²) in [6.45, 7) is 7.91. The monoisotopic (exact) mass is 374 g/mol. The summed E-state index contributed by atoms with van der Waals surface area (Å²) in [5.41, 5.74) is 0.984. The number of thioether (sulfide) groups is 1. The van der Waals surface area contributed by atoms with Gasteiger partial charge in [0.05, 0.1) is 12.4 Å². The summed E-state index contributed by atoms with van der Waals surface area (Å²) in [7, 11) is 1.65. The number of likely N-dealkylation sites (tertiary alicyclic amines) is 1. The van der Waals surface area contributed by atoms with E-state index < -0.39 is 0 Å². The van der Waals surface area contributed by atoms with Gasteiger partial charge in [-0.05, 0) is 57.9 Å². The fourth-order valence-electron chi connectivity index (χ4n) is 3.16. The molecule has 0 saturated carbocycles. The van der Waals surface area contributed by atoms with Crippen molar-refractivity contribution in [3.8, 4) is 17.1 Å². The molecule has 1 saturated heterocycles. The van der Waals surface area contributed by atoms with E-state index in [1.807, 2.05) is 36.1 Å². The van der Waals surface area contributed by atoms with Crippen LogP contribution in [0.3, 0.4) is 0 Å². The Kier molecular flexibility index (Phi) is 5.86. The summed E-state index contributed by atoms with van der Waals surface area (Å²) in [6.07, 6.45) is 2.21. The van der Waals surface area contributed by atoms with Crippen molar-refractivity contribution in [2.75, 3.05) is 20.2 Å². The Labute approximate surface area is 158 Å². The maximum atomic E-state index is 12.6. The lowest BCUT2D eigenvalue weighted by Crippen LogP contribution is -2.34. The zero-order valence-electron chi connectivity index (χ0n) is 15.8. The Balaban J connectivity index is 1.83. The maximum Gasteiger partial charge on any atom is 0.235 e. The number of amides is 1. The molecule has 2 aromatic rings. The Bertz CT molecular complexity index is 751. The first-order valence-electron chi connectivity index (χ1n) is 9.06. The fourth-order valence-corrected chi connectivity index (χ4v) is 4.23. The Morgan fingerprint density at radius 1 is 1.12 bits per heavy atom. The van der Waals surface area contributed by atoms with Crippen molar-refractivity contribution in [2.24, 2.45) is 0 Å². The number of aromatic nitrogens is 3. The van der Waals surface area contributed by atoms with Gasteiger partial charge >= 0.3 is 0 Å². The van der Waals surface area contributed by atoms with E-state index in [1.165, 1.54) is 11.8 Å². The topological polar surface area (TPSA) is 60.3 Å². The molecule has 1 aliphatic rings. The van der Waals surface area contributed by atoms with Gasteiger partial charge in [-0.15, -0.1) is 10.2 Å². The van der Waals surface area contributed by atoms with Crippen LogP contribution in [0.15, 0.2) is 29.4 Å². The largest absolute Gasteiger partial charge is 0.497 e. The minimum absolute atomic E-state index is 0.168. The van der Waals surface area contributed by atoms with Gasteiger partial charge in [0.1, 0.15) is 5.75 Å². The van der Waals surface area contributed by atoms with Crippen molar-refractivity contribution in [2.45, 2.75) is 50.1 Å². The van der Waals surface area contributed by atoms with Gasteiger partial charge in [-0.2, -0.15) is 0 Å². The third-order valence-electron chi connectivity index (χ3n) is 4.58. The number of methoxy groups -OCH3 is 1. The highest BCUT2D eigenvalue weighted by Gasteiger charge is 2.27. The van der Waals surface area contributed by atoms with E-state index in [9.17, 15) is 4.79 Å². The number of benzene rings is 1. The summed E-state index contributed by atoms with van der Waals surface area (Å²) in [4.78, 5) is 14.6. The molecule has 1 amide bonds. The standard InChI is InChI=1S/C19H26N4O2S/c1-13(2)23-17(15-7-9-16(25-4)10-8-15)20-21-19(23)26-14(3)18(24)22-11-5-6-12-22/h7-10,13-14H,5-6,11-12H2,1-4H3/t14-/m0/s1. The van der Waals surface area contributed by atoms with Crippen LogP contribution in [0.2, 0.25) is 0 Å². The predicted octanol–water partition coefficient (Wildman–Crippen LogP) is 3.64. The Hall–Kier alpha value is -2.02. The summed E-state index contributed by atoms with van der Waals surface area (Å²) in [5.74, 6) is 1.81. The Morgan fingerprint density at radius 2 is 1.77 bits per heavy atom. The Morgan fingerprint density at radius 3 is 2.35 bits per heavy atom. The third-order valence-corrected chi connectivity index (χ3v) is 5.62. The van der Waals surface area contributed by atoms with E-state index >= 15 is 0 Å². The van der Waals surface area contributed by atoms with Gasteiger partial charge in [0.25, 0.3) is 0 Å². The van der Waals surface area contributed by atoms with Crippen LogP contribution >= 0.6 is 11.8 Å². The van der Waals surface area contributed by atoms with Crippen LogP contribution in [-0.2, 0) is 4.79 Å². The highest BCUT2D eigenvalue weighted by Crippen LogP contribution is 2.31. The van der Waals surface area contributed by atoms with Crippen LogP contribution in [0.4, 0.5) is 0 Å². The molecule has 0 spiro atoms. The van der Waals surface area contributed by atoms with Gasteiger partial charge in [-0.3, -0.25) is 9.36 Å². The number of rotatable bonds is 6. The fraction of sp³-hybridized carbons (Fsp3) is 0.526. The summed E-state index contributed by atoms with van der Waals surface area (Å²) in [5, 5.41) is 9.39. The summed E-state index contributed by atoms with van der Waals surface area (Å²) in [6, 6.07) is 7.99. The van der Waals surface area contributed by atoms with Crippen molar-refractivity contribution in [3.05, 3.63) is 24.3 Å². The lowest BCUT2D eigenvalue weighted by Gasteiger charge is -2.20. The molecule has 1 fully saturated rings. The highest BCUT2D eigenvalue weighted by atomic mass is 32.2. The van der Waals surface area contributed by atoms with Crippen LogP contribution in [0.5, 0.6) is 5.75 Å². The van der Waals surface area contributed by atoms with Gasteiger partial charge in [-0.25, -0.2) is 0 Å². The second-order valence-electron chi connectivity index (χ2n) is 6.79. The molecule has 1 aromatic heterocycles. The molecule has 0 radical (unpaired) electrons. The van der Waals surface area contributed by atoms with E-state index in [0.29, 0.717) is 0 Å². The molecule has 0 aliphatic carbocycles. The molecule has 1 aliphatic heterocycles. The van der Waals surface area contributed by atoms with Gasteiger partial charge in [0.15, 0.2) is 11.0 Å². The zero-order chi connectivity index (χ0) is 18.7. The number of nitrogens with zero attached hydrogens (tertiary/aromatic N) is 4. The van der Waals surface area contributed by atoms with Crippen LogP contribution < -0.4 is 4.74 Å². The molecule has 2 heterocycles. The van der Waals surface area contributed by atoms with Crippen molar-refractivity contribution >= 4 is 17.7 Å². The van der Waals surface area contributed by atoms with Crippen LogP contribution in [0.25, 0.3) is 11.4 Å². The molecule has 6 nitrogen and oxygen atoms in total. The SMILES string of the molecule is COc1ccc(-c2nnc(S[C@@H](C)C(=O)N3CCCC3)n2C(C)C)cc1. The highest BCUT2D eigenvalue weighted by molar-refractivity contribution is 8.00. The van der Waals surface area contributed by atoms with Crippen LogP contribution in [-0.4, -0.2) is 51.0 Å². The number of carbonyl (C=O) groups excluding carboxylic acids is 1. The molecule has 1 aromatic carbocycles. The van der Waals surface area contributed by atoms with Crippen molar-refractivity contribution in [1.82, 2.24) is 19.7 Å². The van der Waals surface area contributed by atoms with Gasteiger partial charge in [0, 0.05) is 24.7 Å². The maximum absolute atomic E-state index is 12.6. The summed E-state index contributed by atoms with van der Waals surface area (Å²) >= 11 is 1.49. The van der Waals surface area contributed by atoms with Gasteiger partial charge < -0.3 is 9.64 Å². The van der Waals surface area contributed by atoms with E-state index in [0.717, 1.165) is 48.2 Å². The first kappa shape index (κ1) is 18.8. The van der Waals surface area contributed by atoms with Crippen molar-refractivity contribution in [3.63, 3.8) is 0 Å². The number of hydrogen-bond acceptors (Lipinski definition) is 5. The first-order chi connectivity index (χ1) is 12.5. The molecule has 140 valence electrons. The minimum Gasteiger partial charge on any atom is -0.497 e. The lowest BCUT2D eigenvalue weighted by atomic mass is 10.2. The van der Waals surface area contributed by atoms with Crippen LogP contribution in [0.1, 0.15) is 39.7 Å². The van der Waals surface area contributed by atoms with Crippen molar-refractivity contribution < 1.29 is 9.53 Å². The normalized spacial score (nSPS) is 15.5. The summed E-state index contributed by atoms with van der Waals surface area (Å²) < 4.78 is 7.32. The minimum atomic E-state index is -0.168. The molecule has 1 atom stereocenters. The molecular weight excluding hydrogens is 348 g/mol. The average molecular weight is 375 g/mol. The third kappa shape index (κ3) is 3.87. The molecule has 7 heteroatoms. The molecule has 0 bridgehead atoms. The molecular formula is C19H26N4O2S. The number of carbonyl (C=O) groups is 1. The number of ether oxygens (including phenoxy) is 1. The number of hydrogen-bond donors (Lipinski definition) is 0. The average Bonchev–Trinajstić information content (AvgIpc) is 3.31. The molecule has 26 heavy (non-hydrogen) atoms. The lowest BCUT2D eigenvalue weighted by molar-refractivity contribution is -0.129. The van der Waals surface area contributed by atoms with Gasteiger partial charge in [-0.1, -0.05) is 11.8 Å².